The quantitative estimate of drug-likeness (QED) is 0.839. The van der Waals surface area contributed by atoms with Crippen LogP contribution in [-0.4, -0.2) is 33.7 Å². The molecule has 1 aromatic rings. The molecule has 1 aliphatic heterocycles. The first-order chi connectivity index (χ1) is 9.45. The molecule has 1 fully saturated rings. The number of hydrogen-bond acceptors (Lipinski definition) is 4. The summed E-state index contributed by atoms with van der Waals surface area (Å²) in [4.78, 5) is 12.1. The summed E-state index contributed by atoms with van der Waals surface area (Å²) >= 11 is 0. The topological polar surface area (TPSA) is 75.3 Å². The van der Waals surface area contributed by atoms with Gasteiger partial charge in [-0.15, -0.1) is 0 Å². The number of nitrogens with one attached hydrogen (secondary N) is 2. The summed E-state index contributed by atoms with van der Waals surface area (Å²) in [7, 11) is -3.16. The number of benzene rings is 1. The predicted molar refractivity (Wildman–Crippen MR) is 77.0 cm³/mol. The smallest absolute Gasteiger partial charge is 0.220 e. The fraction of sp³-hybridized carbons (Fsp3) is 0.500. The minimum atomic E-state index is -3.16. The van der Waals surface area contributed by atoms with E-state index in [1.165, 1.54) is 6.26 Å². The van der Waals surface area contributed by atoms with Crippen molar-refractivity contribution in [2.45, 2.75) is 24.3 Å². The molecule has 1 saturated heterocycles. The molecule has 1 amide bonds. The standard InChI is InChI=1S/C14H20N2O3S/c1-20(18,19)13-4-2-11(3-5-13)10-16-14(17)8-12-6-7-15-9-12/h2-5,12,15H,6-10H2,1H3,(H,16,17). The largest absolute Gasteiger partial charge is 0.352 e. The van der Waals surface area contributed by atoms with Crippen LogP contribution in [0.2, 0.25) is 0 Å². The van der Waals surface area contributed by atoms with Crippen LogP contribution in [0.25, 0.3) is 0 Å². The average Bonchev–Trinajstić information content (AvgIpc) is 2.88. The lowest BCUT2D eigenvalue weighted by Crippen LogP contribution is -2.25. The van der Waals surface area contributed by atoms with Gasteiger partial charge in [-0.05, 0) is 43.1 Å². The van der Waals surface area contributed by atoms with Crippen LogP contribution in [0.4, 0.5) is 0 Å². The predicted octanol–water partition coefficient (Wildman–Crippen LogP) is 0.706. The van der Waals surface area contributed by atoms with E-state index in [0.29, 0.717) is 23.8 Å². The van der Waals surface area contributed by atoms with E-state index in [2.05, 4.69) is 10.6 Å². The minimum Gasteiger partial charge on any atom is -0.352 e. The first-order valence-electron chi connectivity index (χ1n) is 6.71. The van der Waals surface area contributed by atoms with E-state index in [9.17, 15) is 13.2 Å². The third-order valence-electron chi connectivity index (χ3n) is 3.48. The SMILES string of the molecule is CS(=O)(=O)c1ccc(CNC(=O)CC2CCNC2)cc1. The molecule has 1 aliphatic rings. The zero-order valence-corrected chi connectivity index (χ0v) is 12.4. The molecule has 5 nitrogen and oxygen atoms in total. The summed E-state index contributed by atoms with van der Waals surface area (Å²) in [5.74, 6) is 0.480. The lowest BCUT2D eigenvalue weighted by atomic mass is 10.0. The lowest BCUT2D eigenvalue weighted by molar-refractivity contribution is -0.122. The zero-order valence-electron chi connectivity index (χ0n) is 11.6. The van der Waals surface area contributed by atoms with Crippen molar-refractivity contribution >= 4 is 15.7 Å². The first kappa shape index (κ1) is 15.0. The van der Waals surface area contributed by atoms with Crippen molar-refractivity contribution < 1.29 is 13.2 Å². The van der Waals surface area contributed by atoms with Crippen molar-refractivity contribution in [2.75, 3.05) is 19.3 Å². The van der Waals surface area contributed by atoms with E-state index < -0.39 is 9.84 Å². The van der Waals surface area contributed by atoms with Gasteiger partial charge in [-0.3, -0.25) is 4.79 Å². The van der Waals surface area contributed by atoms with Crippen molar-refractivity contribution in [1.29, 1.82) is 0 Å². The second-order valence-electron chi connectivity index (χ2n) is 5.26. The Morgan fingerprint density at radius 1 is 1.35 bits per heavy atom. The zero-order chi connectivity index (χ0) is 14.6. The van der Waals surface area contributed by atoms with Crippen LogP contribution in [0.5, 0.6) is 0 Å². The molecule has 0 spiro atoms. The number of sulfone groups is 1. The highest BCUT2D eigenvalue weighted by Gasteiger charge is 2.17. The maximum absolute atomic E-state index is 11.8. The van der Waals surface area contributed by atoms with Crippen LogP contribution < -0.4 is 10.6 Å². The number of carbonyl (C=O) groups is 1. The van der Waals surface area contributed by atoms with Gasteiger partial charge in [-0.2, -0.15) is 0 Å². The van der Waals surface area contributed by atoms with Crippen LogP contribution in [0.15, 0.2) is 29.2 Å². The van der Waals surface area contributed by atoms with E-state index in [1.54, 1.807) is 24.3 Å². The summed E-state index contributed by atoms with van der Waals surface area (Å²) in [5, 5.41) is 6.10. The van der Waals surface area contributed by atoms with Crippen LogP contribution in [-0.2, 0) is 21.2 Å². The van der Waals surface area contributed by atoms with E-state index in [0.717, 1.165) is 25.1 Å². The van der Waals surface area contributed by atoms with Crippen LogP contribution in [0, 0.1) is 5.92 Å². The van der Waals surface area contributed by atoms with Crippen molar-refractivity contribution in [3.63, 3.8) is 0 Å². The monoisotopic (exact) mass is 296 g/mol. The Bertz CT molecular complexity index is 561. The Kier molecular flexibility index (Phi) is 4.77. The maximum Gasteiger partial charge on any atom is 0.220 e. The van der Waals surface area contributed by atoms with Gasteiger partial charge in [0, 0.05) is 19.2 Å². The van der Waals surface area contributed by atoms with Gasteiger partial charge < -0.3 is 10.6 Å². The fourth-order valence-electron chi connectivity index (χ4n) is 2.28. The molecule has 2 rings (SSSR count). The van der Waals surface area contributed by atoms with E-state index >= 15 is 0 Å². The molecular formula is C14H20N2O3S. The van der Waals surface area contributed by atoms with Gasteiger partial charge in [0.1, 0.15) is 0 Å². The summed E-state index contributed by atoms with van der Waals surface area (Å²) < 4.78 is 22.7. The molecule has 110 valence electrons. The normalized spacial score (nSPS) is 18.9. The molecule has 0 aliphatic carbocycles. The molecule has 1 heterocycles. The highest BCUT2D eigenvalue weighted by atomic mass is 32.2. The average molecular weight is 296 g/mol. The molecular weight excluding hydrogens is 276 g/mol. The highest BCUT2D eigenvalue weighted by Crippen LogP contribution is 2.12. The van der Waals surface area contributed by atoms with E-state index in [1.807, 2.05) is 0 Å². The van der Waals surface area contributed by atoms with E-state index in [-0.39, 0.29) is 5.91 Å². The van der Waals surface area contributed by atoms with Crippen LogP contribution >= 0.6 is 0 Å². The Hall–Kier alpha value is -1.40. The van der Waals surface area contributed by atoms with Gasteiger partial charge in [-0.25, -0.2) is 8.42 Å². The third-order valence-corrected chi connectivity index (χ3v) is 4.61. The van der Waals surface area contributed by atoms with Crippen LogP contribution in [0.1, 0.15) is 18.4 Å². The molecule has 0 aromatic heterocycles. The van der Waals surface area contributed by atoms with Gasteiger partial charge >= 0.3 is 0 Å². The lowest BCUT2D eigenvalue weighted by Gasteiger charge is -2.09. The maximum atomic E-state index is 11.8. The minimum absolute atomic E-state index is 0.0471. The van der Waals surface area contributed by atoms with Gasteiger partial charge in [0.05, 0.1) is 4.90 Å². The molecule has 0 radical (unpaired) electrons. The summed E-state index contributed by atoms with van der Waals surface area (Å²) in [6.45, 7) is 2.34. The molecule has 1 unspecified atom stereocenters. The van der Waals surface area contributed by atoms with Crippen LogP contribution in [0.3, 0.4) is 0 Å². The number of hydrogen-bond donors (Lipinski definition) is 2. The van der Waals surface area contributed by atoms with Crippen molar-refractivity contribution in [3.05, 3.63) is 29.8 Å². The number of rotatable bonds is 5. The van der Waals surface area contributed by atoms with E-state index in [4.69, 9.17) is 0 Å². The summed E-state index contributed by atoms with van der Waals surface area (Å²) in [5.41, 5.74) is 0.898. The Balaban J connectivity index is 1.83. The molecule has 2 N–H and O–H groups in total. The second-order valence-corrected chi connectivity index (χ2v) is 7.27. The fourth-order valence-corrected chi connectivity index (χ4v) is 2.91. The number of carbonyl (C=O) groups excluding carboxylic acids is 1. The number of amides is 1. The summed E-state index contributed by atoms with van der Waals surface area (Å²) in [6, 6.07) is 6.59. The molecule has 6 heteroatoms. The first-order valence-corrected chi connectivity index (χ1v) is 8.61. The molecule has 0 bridgehead atoms. The third kappa shape index (κ3) is 4.31. The van der Waals surface area contributed by atoms with Gasteiger partial charge in [0.15, 0.2) is 9.84 Å². The van der Waals surface area contributed by atoms with Gasteiger partial charge in [0.2, 0.25) is 5.91 Å². The van der Waals surface area contributed by atoms with Gasteiger partial charge in [0.25, 0.3) is 0 Å². The Morgan fingerprint density at radius 3 is 2.60 bits per heavy atom. The summed E-state index contributed by atoms with van der Waals surface area (Å²) in [6.07, 6.45) is 2.78. The van der Waals surface area contributed by atoms with Gasteiger partial charge in [-0.1, -0.05) is 12.1 Å². The molecule has 1 atom stereocenters. The van der Waals surface area contributed by atoms with Crippen molar-refractivity contribution in [3.8, 4) is 0 Å². The molecule has 0 saturated carbocycles. The molecule has 20 heavy (non-hydrogen) atoms. The molecule has 1 aromatic carbocycles. The van der Waals surface area contributed by atoms with Crippen molar-refractivity contribution in [1.82, 2.24) is 10.6 Å². The second kappa shape index (κ2) is 6.37. The highest BCUT2D eigenvalue weighted by molar-refractivity contribution is 7.90. The van der Waals surface area contributed by atoms with Crippen molar-refractivity contribution in [2.24, 2.45) is 5.92 Å². The Morgan fingerprint density at radius 2 is 2.05 bits per heavy atom. The Labute approximate surface area is 119 Å².